The number of hydrogen-bond acceptors (Lipinski definition) is 5. The molecule has 2 aliphatic rings. The second kappa shape index (κ2) is 9.96. The van der Waals surface area contributed by atoms with E-state index in [1.54, 1.807) is 25.4 Å². The summed E-state index contributed by atoms with van der Waals surface area (Å²) in [5.74, 6) is 0.677. The number of halogens is 1. The largest absolute Gasteiger partial charge is 0.497 e. The van der Waals surface area contributed by atoms with Crippen molar-refractivity contribution in [3.8, 4) is 5.75 Å². The molecule has 1 atom stereocenters. The van der Waals surface area contributed by atoms with E-state index in [1.165, 1.54) is 6.07 Å². The van der Waals surface area contributed by atoms with Crippen LogP contribution in [0, 0.1) is 11.2 Å². The van der Waals surface area contributed by atoms with Gasteiger partial charge in [-0.1, -0.05) is 6.07 Å². The molecule has 6 nitrogen and oxygen atoms in total. The minimum Gasteiger partial charge on any atom is -0.497 e. The Morgan fingerprint density at radius 3 is 2.91 bits per heavy atom. The van der Waals surface area contributed by atoms with Crippen LogP contribution in [0.15, 0.2) is 42.7 Å². The van der Waals surface area contributed by atoms with Crippen molar-refractivity contribution in [1.29, 1.82) is 0 Å². The lowest BCUT2D eigenvalue weighted by Crippen LogP contribution is -2.46. The SMILES string of the molecule is COc1ccc(F)c(CN2CCC[C@]3(CCN(C(=O)CN(C)Cc4cccnc4)C3)C2)c1. The second-order valence-corrected chi connectivity index (χ2v) is 9.37. The van der Waals surface area contributed by atoms with E-state index in [0.717, 1.165) is 51.0 Å². The van der Waals surface area contributed by atoms with Crippen molar-refractivity contribution in [2.75, 3.05) is 46.9 Å². The number of ether oxygens (including phenoxy) is 1. The first-order valence-corrected chi connectivity index (χ1v) is 11.4. The highest BCUT2D eigenvalue weighted by atomic mass is 19.1. The second-order valence-electron chi connectivity index (χ2n) is 9.37. The molecule has 172 valence electrons. The Labute approximate surface area is 190 Å². The summed E-state index contributed by atoms with van der Waals surface area (Å²) in [5.41, 5.74) is 1.89. The molecule has 2 saturated heterocycles. The fraction of sp³-hybridized carbons (Fsp3) is 0.520. The number of aromatic nitrogens is 1. The van der Waals surface area contributed by atoms with Crippen molar-refractivity contribution in [3.63, 3.8) is 0 Å². The number of carbonyl (C=O) groups excluding carboxylic acids is 1. The highest BCUT2D eigenvalue weighted by Gasteiger charge is 2.42. The molecule has 1 amide bonds. The number of benzene rings is 1. The molecule has 0 aliphatic carbocycles. The van der Waals surface area contributed by atoms with Crippen LogP contribution in [0.25, 0.3) is 0 Å². The van der Waals surface area contributed by atoms with Crippen LogP contribution in [0.1, 0.15) is 30.4 Å². The van der Waals surface area contributed by atoms with Gasteiger partial charge in [0.25, 0.3) is 0 Å². The third-order valence-corrected chi connectivity index (χ3v) is 6.76. The van der Waals surface area contributed by atoms with Crippen molar-refractivity contribution in [1.82, 2.24) is 19.7 Å². The number of rotatable bonds is 7. The third kappa shape index (κ3) is 5.45. The van der Waals surface area contributed by atoms with Crippen LogP contribution in [0.3, 0.4) is 0 Å². The predicted molar refractivity (Wildman–Crippen MR) is 122 cm³/mol. The monoisotopic (exact) mass is 440 g/mol. The van der Waals surface area contributed by atoms with Gasteiger partial charge in [-0.2, -0.15) is 0 Å². The van der Waals surface area contributed by atoms with E-state index >= 15 is 0 Å². The van der Waals surface area contributed by atoms with Gasteiger partial charge in [0.05, 0.1) is 13.7 Å². The van der Waals surface area contributed by atoms with E-state index in [-0.39, 0.29) is 17.1 Å². The zero-order chi connectivity index (χ0) is 22.6. The lowest BCUT2D eigenvalue weighted by atomic mass is 9.79. The average molecular weight is 441 g/mol. The van der Waals surface area contributed by atoms with E-state index in [0.29, 0.717) is 30.9 Å². The molecule has 1 aromatic heterocycles. The van der Waals surface area contributed by atoms with Crippen LogP contribution in [0.4, 0.5) is 4.39 Å². The first kappa shape index (κ1) is 22.7. The van der Waals surface area contributed by atoms with E-state index in [4.69, 9.17) is 4.74 Å². The maximum atomic E-state index is 14.3. The molecule has 1 aromatic carbocycles. The topological polar surface area (TPSA) is 48.9 Å². The van der Waals surface area contributed by atoms with E-state index in [9.17, 15) is 9.18 Å². The quantitative estimate of drug-likeness (QED) is 0.662. The summed E-state index contributed by atoms with van der Waals surface area (Å²) in [7, 11) is 3.58. The number of pyridine rings is 1. The molecule has 1 spiro atoms. The highest BCUT2D eigenvalue weighted by molar-refractivity contribution is 5.78. The van der Waals surface area contributed by atoms with Gasteiger partial charge in [0.1, 0.15) is 11.6 Å². The highest BCUT2D eigenvalue weighted by Crippen LogP contribution is 2.39. The summed E-state index contributed by atoms with van der Waals surface area (Å²) in [6.07, 6.45) is 6.82. The van der Waals surface area contributed by atoms with Crippen LogP contribution >= 0.6 is 0 Å². The molecule has 2 aromatic rings. The fourth-order valence-electron chi connectivity index (χ4n) is 5.16. The third-order valence-electron chi connectivity index (χ3n) is 6.76. The molecule has 0 radical (unpaired) electrons. The number of methoxy groups -OCH3 is 1. The maximum Gasteiger partial charge on any atom is 0.236 e. The summed E-state index contributed by atoms with van der Waals surface area (Å²) in [6.45, 7) is 5.15. The Kier molecular flexibility index (Phi) is 7.06. The van der Waals surface area contributed by atoms with Crippen molar-refractivity contribution in [3.05, 3.63) is 59.7 Å². The number of hydrogen-bond donors (Lipinski definition) is 0. The number of likely N-dealkylation sites (tertiary alicyclic amines) is 2. The van der Waals surface area contributed by atoms with Crippen molar-refractivity contribution in [2.24, 2.45) is 5.41 Å². The number of carbonyl (C=O) groups is 1. The van der Waals surface area contributed by atoms with E-state index < -0.39 is 0 Å². The molecule has 4 rings (SSSR count). The van der Waals surface area contributed by atoms with E-state index in [2.05, 4.69) is 9.88 Å². The number of piperidine rings is 1. The lowest BCUT2D eigenvalue weighted by Gasteiger charge is -2.40. The Balaban J connectivity index is 1.32. The average Bonchev–Trinajstić information content (AvgIpc) is 3.19. The summed E-state index contributed by atoms with van der Waals surface area (Å²) in [5, 5.41) is 0. The summed E-state index contributed by atoms with van der Waals surface area (Å²) in [4.78, 5) is 23.5. The van der Waals surface area contributed by atoms with Gasteiger partial charge in [-0.25, -0.2) is 4.39 Å². The van der Waals surface area contributed by atoms with Gasteiger partial charge in [-0.3, -0.25) is 19.6 Å². The Morgan fingerprint density at radius 1 is 1.25 bits per heavy atom. The molecule has 0 bridgehead atoms. The van der Waals surface area contributed by atoms with Gasteiger partial charge >= 0.3 is 0 Å². The molecule has 2 fully saturated rings. The number of nitrogens with zero attached hydrogens (tertiary/aromatic N) is 4. The van der Waals surface area contributed by atoms with Crippen LogP contribution in [0.5, 0.6) is 5.75 Å². The zero-order valence-electron chi connectivity index (χ0n) is 19.1. The predicted octanol–water partition coefficient (Wildman–Crippen LogP) is 3.18. The summed E-state index contributed by atoms with van der Waals surface area (Å²) >= 11 is 0. The van der Waals surface area contributed by atoms with Gasteiger partial charge in [0.15, 0.2) is 0 Å². The molecule has 0 N–H and O–H groups in total. The minimum absolute atomic E-state index is 0.116. The molecular formula is C25H33FN4O2. The Morgan fingerprint density at radius 2 is 2.12 bits per heavy atom. The standard InChI is InChI=1S/C25H33FN4O2/c1-28(15-20-5-3-10-27-14-20)17-24(31)30-12-9-25(19-30)8-4-11-29(18-25)16-21-13-22(32-2)6-7-23(21)26/h3,5-7,10,13-14H,4,8-9,11-12,15-19H2,1-2H3/t25-/m0/s1. The molecule has 32 heavy (non-hydrogen) atoms. The fourth-order valence-corrected chi connectivity index (χ4v) is 5.16. The molecule has 2 aliphatic heterocycles. The molecule has 3 heterocycles. The van der Waals surface area contributed by atoms with Gasteiger partial charge in [-0.15, -0.1) is 0 Å². The first-order valence-electron chi connectivity index (χ1n) is 11.4. The van der Waals surface area contributed by atoms with Gasteiger partial charge in [-0.05, 0) is 62.7 Å². The molecule has 0 unspecified atom stereocenters. The number of likely N-dealkylation sites (N-methyl/N-ethyl adjacent to an activating group) is 1. The smallest absolute Gasteiger partial charge is 0.236 e. The summed E-state index contributed by atoms with van der Waals surface area (Å²) in [6, 6.07) is 8.87. The van der Waals surface area contributed by atoms with Crippen LogP contribution in [0.2, 0.25) is 0 Å². The van der Waals surface area contributed by atoms with Gasteiger partial charge in [0.2, 0.25) is 5.91 Å². The summed E-state index contributed by atoms with van der Waals surface area (Å²) < 4.78 is 19.6. The lowest BCUT2D eigenvalue weighted by molar-refractivity contribution is -0.131. The van der Waals surface area contributed by atoms with Crippen molar-refractivity contribution in [2.45, 2.75) is 32.4 Å². The van der Waals surface area contributed by atoms with Crippen molar-refractivity contribution < 1.29 is 13.9 Å². The molecular weight excluding hydrogens is 407 g/mol. The van der Waals surface area contributed by atoms with Crippen LogP contribution < -0.4 is 4.74 Å². The molecule has 0 saturated carbocycles. The van der Waals surface area contributed by atoms with Crippen molar-refractivity contribution >= 4 is 5.91 Å². The normalized spacial score (nSPS) is 21.4. The Bertz CT molecular complexity index is 925. The van der Waals surface area contributed by atoms with E-state index in [1.807, 2.05) is 35.2 Å². The van der Waals surface area contributed by atoms with Gasteiger partial charge < -0.3 is 9.64 Å². The minimum atomic E-state index is -0.190. The van der Waals surface area contributed by atoms with Crippen LogP contribution in [-0.4, -0.2) is 72.5 Å². The Hall–Kier alpha value is -2.51. The van der Waals surface area contributed by atoms with Gasteiger partial charge in [0, 0.05) is 56.1 Å². The first-order chi connectivity index (χ1) is 15.5. The van der Waals surface area contributed by atoms with Crippen LogP contribution in [-0.2, 0) is 17.9 Å². The number of amides is 1. The zero-order valence-corrected chi connectivity index (χ0v) is 19.1. The molecule has 7 heteroatoms. The maximum absolute atomic E-state index is 14.3.